The smallest absolute Gasteiger partial charge is 0.245 e. The van der Waals surface area contributed by atoms with Crippen LogP contribution in [0.2, 0.25) is 0 Å². The molecule has 4 aliphatic carbocycles. The second kappa shape index (κ2) is 6.49. The van der Waals surface area contributed by atoms with Crippen LogP contribution in [0.15, 0.2) is 0 Å². The third-order valence-corrected chi connectivity index (χ3v) is 8.47. The van der Waals surface area contributed by atoms with Crippen molar-refractivity contribution in [2.24, 2.45) is 35.0 Å². The van der Waals surface area contributed by atoms with Crippen molar-refractivity contribution >= 4 is 11.8 Å². The van der Waals surface area contributed by atoms with Gasteiger partial charge in [-0.15, -0.1) is 0 Å². The zero-order chi connectivity index (χ0) is 18.8. The normalized spacial score (nSPS) is 46.1. The maximum atomic E-state index is 13.8. The van der Waals surface area contributed by atoms with Crippen molar-refractivity contribution in [2.75, 3.05) is 19.6 Å². The molecule has 2 heterocycles. The molecule has 0 aromatic carbocycles. The van der Waals surface area contributed by atoms with Gasteiger partial charge in [0.05, 0.1) is 5.41 Å². The predicted octanol–water partition coefficient (Wildman–Crippen LogP) is 3.70. The summed E-state index contributed by atoms with van der Waals surface area (Å²) in [7, 11) is 0. The Balaban J connectivity index is 1.34. The zero-order valence-electron chi connectivity index (χ0n) is 17.2. The first-order chi connectivity index (χ1) is 12.9. The molecule has 27 heavy (non-hydrogen) atoms. The van der Waals surface area contributed by atoms with E-state index in [-0.39, 0.29) is 17.4 Å². The molecule has 2 amide bonds. The van der Waals surface area contributed by atoms with Gasteiger partial charge < -0.3 is 9.80 Å². The summed E-state index contributed by atoms with van der Waals surface area (Å²) in [6.45, 7) is 7.06. The van der Waals surface area contributed by atoms with Crippen LogP contribution >= 0.6 is 0 Å². The van der Waals surface area contributed by atoms with Crippen LogP contribution in [0.25, 0.3) is 0 Å². The number of hydrogen-bond donors (Lipinski definition) is 0. The number of hydrogen-bond acceptors (Lipinski definition) is 2. The Hall–Kier alpha value is -1.06. The molecule has 4 bridgehead atoms. The summed E-state index contributed by atoms with van der Waals surface area (Å²) in [5.41, 5.74) is -0.111. The molecule has 0 aromatic heterocycles. The molecular weight excluding hydrogens is 336 g/mol. The van der Waals surface area contributed by atoms with Crippen molar-refractivity contribution in [2.45, 2.75) is 77.7 Å². The summed E-state index contributed by atoms with van der Waals surface area (Å²) >= 11 is 0. The fourth-order valence-corrected chi connectivity index (χ4v) is 8.00. The van der Waals surface area contributed by atoms with Crippen LogP contribution in [0.4, 0.5) is 0 Å². The molecule has 0 aromatic rings. The minimum Gasteiger partial charge on any atom is -0.340 e. The first-order valence-corrected chi connectivity index (χ1v) is 11.5. The van der Waals surface area contributed by atoms with Crippen molar-refractivity contribution in [3.05, 3.63) is 0 Å². The number of likely N-dealkylation sites (tertiary alicyclic amines) is 2. The van der Waals surface area contributed by atoms with Crippen LogP contribution < -0.4 is 0 Å². The van der Waals surface area contributed by atoms with Crippen molar-refractivity contribution in [3.63, 3.8) is 0 Å². The average Bonchev–Trinajstić information content (AvgIpc) is 3.07. The fourth-order valence-electron chi connectivity index (χ4n) is 8.00. The second-order valence-corrected chi connectivity index (χ2v) is 11.0. The zero-order valence-corrected chi connectivity index (χ0v) is 17.2. The van der Waals surface area contributed by atoms with Gasteiger partial charge in [-0.25, -0.2) is 0 Å². The molecule has 2 saturated heterocycles. The highest BCUT2D eigenvalue weighted by molar-refractivity contribution is 5.91. The Bertz CT molecular complexity index is 585. The first-order valence-electron chi connectivity index (χ1n) is 11.5. The Morgan fingerprint density at radius 3 is 1.96 bits per heavy atom. The highest BCUT2D eigenvalue weighted by Gasteiger charge is 2.57. The van der Waals surface area contributed by atoms with E-state index in [1.165, 1.54) is 25.7 Å². The van der Waals surface area contributed by atoms with Gasteiger partial charge in [-0.2, -0.15) is 0 Å². The van der Waals surface area contributed by atoms with E-state index in [2.05, 4.69) is 18.7 Å². The van der Waals surface area contributed by atoms with Gasteiger partial charge in [0, 0.05) is 19.6 Å². The van der Waals surface area contributed by atoms with Crippen LogP contribution in [0.3, 0.4) is 0 Å². The van der Waals surface area contributed by atoms with Crippen molar-refractivity contribution in [3.8, 4) is 0 Å². The maximum Gasteiger partial charge on any atom is 0.245 e. The van der Waals surface area contributed by atoms with Crippen LogP contribution in [-0.2, 0) is 9.59 Å². The predicted molar refractivity (Wildman–Crippen MR) is 105 cm³/mol. The number of carbonyl (C=O) groups excluding carboxylic acids is 2. The average molecular weight is 373 g/mol. The lowest BCUT2D eigenvalue weighted by molar-refractivity contribution is -0.162. The molecule has 4 nitrogen and oxygen atoms in total. The standard InChI is InChI=1S/C23H36N2O2/c1-15-6-16(2)14-24(13-15)21(26)20-4-3-5-25(20)22(27)23-10-17-7-18(11-23)9-19(8-17)12-23/h15-20H,3-14H2,1-2H3/t15-,16+,17?,18?,19?,20-,23?/m0/s1. The van der Waals surface area contributed by atoms with Gasteiger partial charge >= 0.3 is 0 Å². The molecule has 0 spiro atoms. The molecule has 6 fully saturated rings. The lowest BCUT2D eigenvalue weighted by Crippen LogP contribution is -2.58. The maximum absolute atomic E-state index is 13.8. The van der Waals surface area contributed by atoms with E-state index in [0.29, 0.717) is 17.7 Å². The number of piperidine rings is 1. The van der Waals surface area contributed by atoms with Gasteiger partial charge in [0.15, 0.2) is 0 Å². The monoisotopic (exact) mass is 372 g/mol. The highest BCUT2D eigenvalue weighted by atomic mass is 16.2. The van der Waals surface area contributed by atoms with E-state index in [1.54, 1.807) is 0 Å². The molecule has 2 aliphatic heterocycles. The third-order valence-electron chi connectivity index (χ3n) is 8.47. The first kappa shape index (κ1) is 18.0. The summed E-state index contributed by atoms with van der Waals surface area (Å²) in [5, 5.41) is 0. The molecule has 0 unspecified atom stereocenters. The summed E-state index contributed by atoms with van der Waals surface area (Å²) in [6.07, 6.45) is 10.5. The van der Waals surface area contributed by atoms with Crippen molar-refractivity contribution < 1.29 is 9.59 Å². The third kappa shape index (κ3) is 3.02. The molecule has 3 atom stereocenters. The topological polar surface area (TPSA) is 40.6 Å². The SMILES string of the molecule is C[C@@H]1C[C@H](C)CN(C(=O)[C@@H]2CCCN2C(=O)C23CC4CC(CC(C4)C2)C3)C1. The van der Waals surface area contributed by atoms with Gasteiger partial charge in [-0.1, -0.05) is 13.8 Å². The van der Waals surface area contributed by atoms with E-state index in [1.807, 2.05) is 4.90 Å². The Labute approximate surface area is 164 Å². The van der Waals surface area contributed by atoms with Gasteiger partial charge in [0.2, 0.25) is 11.8 Å². The molecule has 4 heteroatoms. The van der Waals surface area contributed by atoms with Crippen molar-refractivity contribution in [1.82, 2.24) is 9.80 Å². The van der Waals surface area contributed by atoms with E-state index in [0.717, 1.165) is 69.5 Å². The molecule has 6 aliphatic rings. The number of rotatable bonds is 2. The molecule has 0 N–H and O–H groups in total. The summed E-state index contributed by atoms with van der Waals surface area (Å²) in [4.78, 5) is 31.3. The molecule has 6 rings (SSSR count). The largest absolute Gasteiger partial charge is 0.340 e. The van der Waals surface area contributed by atoms with Gasteiger partial charge in [0.25, 0.3) is 0 Å². The van der Waals surface area contributed by atoms with Crippen LogP contribution in [0, 0.1) is 35.0 Å². The van der Waals surface area contributed by atoms with Gasteiger partial charge in [-0.05, 0) is 87.4 Å². The Morgan fingerprint density at radius 1 is 0.852 bits per heavy atom. The van der Waals surface area contributed by atoms with Crippen LogP contribution in [0.5, 0.6) is 0 Å². The highest BCUT2D eigenvalue weighted by Crippen LogP contribution is 2.60. The van der Waals surface area contributed by atoms with Crippen LogP contribution in [-0.4, -0.2) is 47.3 Å². The lowest BCUT2D eigenvalue weighted by Gasteiger charge is -2.56. The Morgan fingerprint density at radius 2 is 1.41 bits per heavy atom. The fraction of sp³-hybridized carbons (Fsp3) is 0.913. The summed E-state index contributed by atoms with van der Waals surface area (Å²) in [5.74, 6) is 4.08. The second-order valence-electron chi connectivity index (χ2n) is 11.0. The van der Waals surface area contributed by atoms with Crippen molar-refractivity contribution in [1.29, 1.82) is 0 Å². The van der Waals surface area contributed by atoms with E-state index in [4.69, 9.17) is 0 Å². The quantitative estimate of drug-likeness (QED) is 0.742. The number of amides is 2. The molecular formula is C23H36N2O2. The summed E-state index contributed by atoms with van der Waals surface area (Å²) in [6, 6.07) is -0.178. The minimum absolute atomic E-state index is 0.111. The van der Waals surface area contributed by atoms with Gasteiger partial charge in [0.1, 0.15) is 6.04 Å². The van der Waals surface area contributed by atoms with Crippen LogP contribution in [0.1, 0.15) is 71.6 Å². The molecule has 4 saturated carbocycles. The summed E-state index contributed by atoms with van der Waals surface area (Å²) < 4.78 is 0. The molecule has 150 valence electrons. The number of carbonyl (C=O) groups is 2. The van der Waals surface area contributed by atoms with E-state index < -0.39 is 0 Å². The van der Waals surface area contributed by atoms with E-state index >= 15 is 0 Å². The lowest BCUT2D eigenvalue weighted by atomic mass is 9.49. The minimum atomic E-state index is -0.178. The Kier molecular flexibility index (Phi) is 4.32. The van der Waals surface area contributed by atoms with Gasteiger partial charge in [-0.3, -0.25) is 9.59 Å². The van der Waals surface area contributed by atoms with E-state index in [9.17, 15) is 9.59 Å². The number of nitrogens with zero attached hydrogens (tertiary/aromatic N) is 2. The molecule has 0 radical (unpaired) electrons.